The van der Waals surface area contributed by atoms with Gasteiger partial charge in [0.05, 0.1) is 0 Å². The van der Waals surface area contributed by atoms with Gasteiger partial charge in [0, 0.05) is 18.7 Å². The number of fused-ring (bicyclic) bond motifs is 1. The highest BCUT2D eigenvalue weighted by atomic mass is 16.3. The molecule has 0 radical (unpaired) electrons. The van der Waals surface area contributed by atoms with E-state index in [9.17, 15) is 5.11 Å². The molecule has 3 aromatic rings. The minimum absolute atomic E-state index is 0.370. The number of phenols is 1. The molecular formula is C20H21NO. The Kier molecular flexibility index (Phi) is 4.12. The first-order valence-corrected chi connectivity index (χ1v) is 7.57. The Morgan fingerprint density at radius 2 is 1.59 bits per heavy atom. The zero-order valence-corrected chi connectivity index (χ0v) is 13.1. The molecule has 0 aliphatic carbocycles. The minimum atomic E-state index is 0.370. The van der Waals surface area contributed by atoms with Crippen molar-refractivity contribution < 1.29 is 5.11 Å². The van der Waals surface area contributed by atoms with E-state index in [-0.39, 0.29) is 0 Å². The predicted molar refractivity (Wildman–Crippen MR) is 92.0 cm³/mol. The van der Waals surface area contributed by atoms with Crippen molar-refractivity contribution in [1.29, 1.82) is 0 Å². The zero-order valence-electron chi connectivity index (χ0n) is 13.1. The lowest BCUT2D eigenvalue weighted by atomic mass is 10.0. The Hall–Kier alpha value is -2.32. The summed E-state index contributed by atoms with van der Waals surface area (Å²) in [5.41, 5.74) is 3.55. The van der Waals surface area contributed by atoms with Gasteiger partial charge in [-0.25, -0.2) is 0 Å². The largest absolute Gasteiger partial charge is 0.508 e. The Labute approximate surface area is 131 Å². The molecule has 0 saturated carbocycles. The molecule has 0 atom stereocenters. The minimum Gasteiger partial charge on any atom is -0.508 e. The van der Waals surface area contributed by atoms with Gasteiger partial charge >= 0.3 is 0 Å². The molecule has 0 unspecified atom stereocenters. The van der Waals surface area contributed by atoms with Gasteiger partial charge in [-0.2, -0.15) is 0 Å². The van der Waals surface area contributed by atoms with Crippen LogP contribution < -0.4 is 0 Å². The Bertz CT molecular complexity index is 777. The van der Waals surface area contributed by atoms with Crippen molar-refractivity contribution >= 4 is 10.8 Å². The topological polar surface area (TPSA) is 23.5 Å². The molecule has 112 valence electrons. The highest BCUT2D eigenvalue weighted by Crippen LogP contribution is 2.28. The summed E-state index contributed by atoms with van der Waals surface area (Å²) in [6, 6.07) is 20.6. The third kappa shape index (κ3) is 3.12. The lowest BCUT2D eigenvalue weighted by Gasteiger charge is -2.19. The summed E-state index contributed by atoms with van der Waals surface area (Å²) in [7, 11) is 2.08. The van der Waals surface area contributed by atoms with Gasteiger partial charge < -0.3 is 5.11 Å². The SMILES string of the molecule is Cc1ccc(CN(C)Cc2c(O)ccc3ccccc23)cc1. The third-order valence-corrected chi connectivity index (χ3v) is 4.02. The van der Waals surface area contributed by atoms with E-state index < -0.39 is 0 Å². The fourth-order valence-electron chi connectivity index (χ4n) is 2.82. The lowest BCUT2D eigenvalue weighted by molar-refractivity contribution is 0.314. The van der Waals surface area contributed by atoms with E-state index in [1.165, 1.54) is 16.5 Å². The Morgan fingerprint density at radius 1 is 0.864 bits per heavy atom. The zero-order chi connectivity index (χ0) is 15.5. The molecule has 0 aliphatic heterocycles. The molecule has 3 rings (SSSR count). The van der Waals surface area contributed by atoms with Crippen molar-refractivity contribution in [3.8, 4) is 5.75 Å². The monoisotopic (exact) mass is 291 g/mol. The summed E-state index contributed by atoms with van der Waals surface area (Å²) in [5, 5.41) is 12.5. The second kappa shape index (κ2) is 6.20. The molecule has 0 fully saturated rings. The van der Waals surface area contributed by atoms with Crippen LogP contribution >= 0.6 is 0 Å². The second-order valence-corrected chi connectivity index (χ2v) is 5.94. The van der Waals surface area contributed by atoms with E-state index in [1.54, 1.807) is 6.07 Å². The molecule has 3 aromatic carbocycles. The number of aromatic hydroxyl groups is 1. The fourth-order valence-corrected chi connectivity index (χ4v) is 2.82. The van der Waals surface area contributed by atoms with Gasteiger partial charge in [0.15, 0.2) is 0 Å². The quantitative estimate of drug-likeness (QED) is 0.766. The van der Waals surface area contributed by atoms with E-state index in [1.807, 2.05) is 18.2 Å². The van der Waals surface area contributed by atoms with Crippen molar-refractivity contribution in [1.82, 2.24) is 4.90 Å². The first kappa shape index (κ1) is 14.6. The highest BCUT2D eigenvalue weighted by molar-refractivity contribution is 5.87. The maximum atomic E-state index is 10.2. The molecule has 0 bridgehead atoms. The van der Waals surface area contributed by atoms with Crippen molar-refractivity contribution in [2.75, 3.05) is 7.05 Å². The van der Waals surface area contributed by atoms with Gasteiger partial charge in [-0.15, -0.1) is 0 Å². The Morgan fingerprint density at radius 3 is 2.36 bits per heavy atom. The van der Waals surface area contributed by atoms with Crippen LogP contribution in [0.3, 0.4) is 0 Å². The van der Waals surface area contributed by atoms with Gasteiger partial charge in [0.25, 0.3) is 0 Å². The van der Waals surface area contributed by atoms with E-state index >= 15 is 0 Å². The van der Waals surface area contributed by atoms with E-state index in [0.29, 0.717) is 5.75 Å². The molecule has 0 saturated heterocycles. The average molecular weight is 291 g/mol. The number of hydrogen-bond acceptors (Lipinski definition) is 2. The van der Waals surface area contributed by atoms with Crippen LogP contribution in [-0.2, 0) is 13.1 Å². The number of nitrogens with zero attached hydrogens (tertiary/aromatic N) is 1. The number of hydrogen-bond donors (Lipinski definition) is 1. The van der Waals surface area contributed by atoms with E-state index in [0.717, 1.165) is 24.0 Å². The van der Waals surface area contributed by atoms with Gasteiger partial charge in [-0.1, -0.05) is 60.2 Å². The molecule has 0 aliphatic rings. The van der Waals surface area contributed by atoms with Crippen LogP contribution in [-0.4, -0.2) is 17.1 Å². The average Bonchev–Trinajstić information content (AvgIpc) is 2.52. The summed E-state index contributed by atoms with van der Waals surface area (Å²) < 4.78 is 0. The molecule has 22 heavy (non-hydrogen) atoms. The predicted octanol–water partition coefficient (Wildman–Crippen LogP) is 4.49. The normalized spacial score (nSPS) is 11.2. The van der Waals surface area contributed by atoms with Crippen LogP contribution in [0.5, 0.6) is 5.75 Å². The van der Waals surface area contributed by atoms with Crippen LogP contribution in [0.25, 0.3) is 10.8 Å². The summed E-state index contributed by atoms with van der Waals surface area (Å²) >= 11 is 0. The van der Waals surface area contributed by atoms with Crippen molar-refractivity contribution in [3.05, 3.63) is 77.4 Å². The van der Waals surface area contributed by atoms with Crippen LogP contribution in [0.4, 0.5) is 0 Å². The van der Waals surface area contributed by atoms with Gasteiger partial charge in [0.1, 0.15) is 5.75 Å². The molecular weight excluding hydrogens is 270 g/mol. The standard InChI is InChI=1S/C20H21NO/c1-15-7-9-16(10-8-15)13-21(2)14-19-18-6-4-3-5-17(18)11-12-20(19)22/h3-12,22H,13-14H2,1-2H3. The summed E-state index contributed by atoms with van der Waals surface area (Å²) in [6.45, 7) is 3.69. The van der Waals surface area contributed by atoms with Gasteiger partial charge in [0.2, 0.25) is 0 Å². The second-order valence-electron chi connectivity index (χ2n) is 5.94. The van der Waals surface area contributed by atoms with Gasteiger partial charge in [-0.05, 0) is 36.4 Å². The number of benzene rings is 3. The van der Waals surface area contributed by atoms with Crippen LogP contribution in [0.2, 0.25) is 0 Å². The molecule has 1 N–H and O–H groups in total. The van der Waals surface area contributed by atoms with Gasteiger partial charge in [-0.3, -0.25) is 4.90 Å². The molecule has 0 heterocycles. The summed E-state index contributed by atoms with van der Waals surface area (Å²) in [5.74, 6) is 0.370. The third-order valence-electron chi connectivity index (χ3n) is 4.02. The highest BCUT2D eigenvalue weighted by Gasteiger charge is 2.10. The first-order valence-electron chi connectivity index (χ1n) is 7.57. The van der Waals surface area contributed by atoms with Crippen molar-refractivity contribution in [2.45, 2.75) is 20.0 Å². The first-order chi connectivity index (χ1) is 10.6. The van der Waals surface area contributed by atoms with Crippen LogP contribution in [0.1, 0.15) is 16.7 Å². The maximum Gasteiger partial charge on any atom is 0.120 e. The van der Waals surface area contributed by atoms with E-state index in [2.05, 4.69) is 55.3 Å². The molecule has 0 spiro atoms. The van der Waals surface area contributed by atoms with E-state index in [4.69, 9.17) is 0 Å². The molecule has 0 aromatic heterocycles. The van der Waals surface area contributed by atoms with Crippen molar-refractivity contribution in [2.24, 2.45) is 0 Å². The summed E-state index contributed by atoms with van der Waals surface area (Å²) in [4.78, 5) is 2.23. The molecule has 2 nitrogen and oxygen atoms in total. The number of phenolic OH excluding ortho intramolecular Hbond substituents is 1. The van der Waals surface area contributed by atoms with Crippen molar-refractivity contribution in [3.63, 3.8) is 0 Å². The Balaban J connectivity index is 1.83. The number of rotatable bonds is 4. The van der Waals surface area contributed by atoms with Crippen LogP contribution in [0.15, 0.2) is 60.7 Å². The smallest absolute Gasteiger partial charge is 0.120 e. The fraction of sp³-hybridized carbons (Fsp3) is 0.200. The molecule has 2 heteroatoms. The lowest BCUT2D eigenvalue weighted by Crippen LogP contribution is -2.17. The maximum absolute atomic E-state index is 10.2. The molecule has 0 amide bonds. The summed E-state index contributed by atoms with van der Waals surface area (Å²) in [6.07, 6.45) is 0. The van der Waals surface area contributed by atoms with Crippen LogP contribution in [0, 0.1) is 6.92 Å². The number of aryl methyl sites for hydroxylation is 1.